The number of hydrogen-bond acceptors (Lipinski definition) is 9. The molecule has 66 heavy (non-hydrogen) atoms. The fraction of sp³-hybridized carbons (Fsp3) is 0.531. The van der Waals surface area contributed by atoms with Crippen molar-refractivity contribution in [1.29, 1.82) is 0 Å². The number of cyclic esters (lactones) is 1. The summed E-state index contributed by atoms with van der Waals surface area (Å²) in [6, 6.07) is 12.9. The molecular formula is C49H72N6O7S4. The molecule has 3 N–H and O–H groups in total. The normalized spacial score (nSPS) is 21.3. The van der Waals surface area contributed by atoms with Gasteiger partial charge in [0.25, 0.3) is 5.91 Å². The van der Waals surface area contributed by atoms with Crippen LogP contribution in [0.25, 0.3) is 33.3 Å². The van der Waals surface area contributed by atoms with Gasteiger partial charge in [0.05, 0.1) is 24.1 Å². The van der Waals surface area contributed by atoms with E-state index in [0.717, 1.165) is 57.4 Å². The number of fused-ring (bicyclic) bond motifs is 6. The van der Waals surface area contributed by atoms with Crippen molar-refractivity contribution >= 4 is 88.6 Å². The SMILES string of the molecule is CCn1c(-c2cccnc2[C@H](C)OC)c2c3cc(ccc31)-c1cc(O)cc(c1)C[C@H](NC(=O)[C@H](C(C)C)N(C)C(=O)C1CC(C)C1)C(=O)N1CCC[C@H](N1)C(=O)OCC(C)(C)C2.S.S.S.S. The zero-order valence-electron chi connectivity index (χ0n) is 39.8. The van der Waals surface area contributed by atoms with E-state index in [4.69, 9.17) is 14.5 Å². The number of rotatable bonds is 9. The summed E-state index contributed by atoms with van der Waals surface area (Å²) < 4.78 is 14.2. The summed E-state index contributed by atoms with van der Waals surface area (Å²) in [7, 11) is 3.35. The number of esters is 1. The standard InChI is InChI=1S/C49H64N6O7.4H2S/c1-10-54-41-16-15-32-25-37(41)38(44(54)36-13-11-17-50-42(36)30(5)61-9)26-49(6,7)27-62-48(60)39-14-12-18-55(52-39)47(59)40(23-31-21-33(32)24-35(56)22-31)51-45(57)43(28(2)3)53(8)46(58)34-19-29(4)20-34;;;;/h11,13,15-17,21-22,24-25,28-30,34,39-40,43,52,56H,10,12,14,18-20,23,26-27H2,1-9H3,(H,51,57);4*1H2/t29?,30-,34?,39-,40-,43-;;;;/m0..../s1. The minimum absolute atomic E-state index is 0. The lowest BCUT2D eigenvalue weighted by Crippen LogP contribution is -2.62. The fourth-order valence-electron chi connectivity index (χ4n) is 9.78. The summed E-state index contributed by atoms with van der Waals surface area (Å²) in [6.45, 7) is 15.3. The van der Waals surface area contributed by atoms with Crippen molar-refractivity contribution in [1.82, 2.24) is 30.2 Å². The lowest BCUT2D eigenvalue weighted by molar-refractivity contribution is -0.155. The van der Waals surface area contributed by atoms with Gasteiger partial charge in [0.1, 0.15) is 23.9 Å². The maximum Gasteiger partial charge on any atom is 0.324 e. The van der Waals surface area contributed by atoms with Crippen molar-refractivity contribution < 1.29 is 33.8 Å². The van der Waals surface area contributed by atoms with Gasteiger partial charge in [-0.05, 0) is 116 Å². The smallest absolute Gasteiger partial charge is 0.324 e. The maximum absolute atomic E-state index is 14.6. The topological polar surface area (TPSA) is 155 Å². The van der Waals surface area contributed by atoms with Crippen molar-refractivity contribution in [3.05, 3.63) is 71.5 Å². The molecule has 17 heteroatoms. The van der Waals surface area contributed by atoms with Crippen LogP contribution in [-0.4, -0.2) is 93.7 Å². The van der Waals surface area contributed by atoms with E-state index in [0.29, 0.717) is 43.8 Å². The molecule has 2 aromatic heterocycles. The van der Waals surface area contributed by atoms with Crippen LogP contribution in [0.1, 0.15) is 97.1 Å². The molecule has 364 valence electrons. The number of carbonyl (C=O) groups excluding carboxylic acids is 4. The first-order valence-corrected chi connectivity index (χ1v) is 22.3. The van der Waals surface area contributed by atoms with Crippen molar-refractivity contribution in [2.24, 2.45) is 23.2 Å². The van der Waals surface area contributed by atoms with Crippen LogP contribution in [0.4, 0.5) is 0 Å². The lowest BCUT2D eigenvalue weighted by Gasteiger charge is -2.39. The van der Waals surface area contributed by atoms with Gasteiger partial charge in [0.15, 0.2) is 0 Å². The predicted molar refractivity (Wildman–Crippen MR) is 280 cm³/mol. The Bertz CT molecular complexity index is 2350. The van der Waals surface area contributed by atoms with Gasteiger partial charge in [-0.2, -0.15) is 54.0 Å². The van der Waals surface area contributed by atoms with E-state index in [1.54, 1.807) is 32.5 Å². The molecule has 7 rings (SSSR count). The van der Waals surface area contributed by atoms with Gasteiger partial charge in [0, 0.05) is 67.7 Å². The number of methoxy groups -OCH3 is 1. The van der Waals surface area contributed by atoms with Crippen LogP contribution < -0.4 is 10.7 Å². The lowest BCUT2D eigenvalue weighted by atomic mass is 9.75. The molecule has 1 aliphatic carbocycles. The minimum Gasteiger partial charge on any atom is -0.508 e. The number of aromatic hydroxyl groups is 1. The van der Waals surface area contributed by atoms with Gasteiger partial charge in [-0.15, -0.1) is 0 Å². The minimum atomic E-state index is -1.09. The number of ether oxygens (including phenoxy) is 2. The van der Waals surface area contributed by atoms with E-state index >= 15 is 0 Å². The Morgan fingerprint density at radius 2 is 1.76 bits per heavy atom. The van der Waals surface area contributed by atoms with E-state index in [1.807, 2.05) is 39.0 Å². The van der Waals surface area contributed by atoms with Crippen molar-refractivity contribution in [2.75, 3.05) is 27.3 Å². The van der Waals surface area contributed by atoms with Gasteiger partial charge in [-0.25, -0.2) is 5.43 Å². The summed E-state index contributed by atoms with van der Waals surface area (Å²) in [5.41, 5.74) is 9.76. The molecule has 1 saturated carbocycles. The molecule has 2 aliphatic heterocycles. The molecular weight excluding hydrogens is 913 g/mol. The highest BCUT2D eigenvalue weighted by molar-refractivity contribution is 7.59. The summed E-state index contributed by atoms with van der Waals surface area (Å²) >= 11 is 0. The van der Waals surface area contributed by atoms with Gasteiger partial charge in [0.2, 0.25) is 11.8 Å². The second-order valence-electron chi connectivity index (χ2n) is 18.9. The molecule has 1 saturated heterocycles. The second kappa shape index (κ2) is 23.4. The third-order valence-electron chi connectivity index (χ3n) is 13.1. The first-order chi connectivity index (χ1) is 29.5. The van der Waals surface area contributed by atoms with Crippen LogP contribution in [0.5, 0.6) is 5.75 Å². The number of hydrogen-bond donors (Lipinski definition) is 3. The average molecular weight is 985 g/mol. The Labute approximate surface area is 418 Å². The number of nitrogens with zero attached hydrogens (tertiary/aromatic N) is 4. The number of hydrazine groups is 1. The quantitative estimate of drug-likeness (QED) is 0.145. The molecule has 2 aromatic carbocycles. The molecule has 13 nitrogen and oxygen atoms in total. The fourth-order valence-corrected chi connectivity index (χ4v) is 9.78. The summed E-state index contributed by atoms with van der Waals surface area (Å²) in [4.78, 5) is 62.7. The Kier molecular flexibility index (Phi) is 20.0. The summed E-state index contributed by atoms with van der Waals surface area (Å²) in [5.74, 6) is -1.27. The number of benzene rings is 2. The molecule has 0 radical (unpaired) electrons. The number of phenolic OH excluding ortho intramolecular Hbond substituents is 1. The van der Waals surface area contributed by atoms with Crippen LogP contribution in [0.15, 0.2) is 54.7 Å². The second-order valence-corrected chi connectivity index (χ2v) is 18.9. The highest BCUT2D eigenvalue weighted by atomic mass is 32.1. The van der Waals surface area contributed by atoms with Crippen LogP contribution in [-0.2, 0) is 48.0 Å². The molecule has 4 atom stereocenters. The maximum atomic E-state index is 14.6. The Balaban J connectivity index is 0.00000289. The third kappa shape index (κ3) is 11.9. The van der Waals surface area contributed by atoms with E-state index in [9.17, 15) is 24.3 Å². The van der Waals surface area contributed by atoms with Gasteiger partial charge < -0.3 is 29.4 Å². The average Bonchev–Trinajstić information content (AvgIpc) is 3.54. The largest absolute Gasteiger partial charge is 0.508 e. The van der Waals surface area contributed by atoms with Gasteiger partial charge in [-0.1, -0.05) is 46.8 Å². The monoisotopic (exact) mass is 984 g/mol. The number of phenols is 1. The van der Waals surface area contributed by atoms with Gasteiger partial charge >= 0.3 is 5.97 Å². The third-order valence-corrected chi connectivity index (χ3v) is 13.1. The highest BCUT2D eigenvalue weighted by Crippen LogP contribution is 2.42. The van der Waals surface area contributed by atoms with Gasteiger partial charge in [-0.3, -0.25) is 29.2 Å². The zero-order chi connectivity index (χ0) is 44.6. The number of carbonyl (C=O) groups is 4. The number of nitrogens with one attached hydrogen (secondary N) is 2. The zero-order valence-corrected chi connectivity index (χ0v) is 43.8. The Morgan fingerprint density at radius 3 is 2.41 bits per heavy atom. The Morgan fingerprint density at radius 1 is 1.05 bits per heavy atom. The van der Waals surface area contributed by atoms with E-state index < -0.39 is 41.3 Å². The Hall–Kier alpha value is -3.87. The molecule has 4 heterocycles. The van der Waals surface area contributed by atoms with Crippen molar-refractivity contribution in [3.63, 3.8) is 0 Å². The van der Waals surface area contributed by atoms with Crippen molar-refractivity contribution in [2.45, 2.75) is 118 Å². The number of aromatic nitrogens is 2. The van der Waals surface area contributed by atoms with E-state index in [-0.39, 0.29) is 96.6 Å². The molecule has 6 bridgehead atoms. The molecule has 0 spiro atoms. The molecule has 0 unspecified atom stereocenters. The number of amides is 3. The molecule has 2 fully saturated rings. The molecule has 3 amide bonds. The first kappa shape index (κ1) is 56.5. The van der Waals surface area contributed by atoms with E-state index in [1.165, 1.54) is 9.91 Å². The summed E-state index contributed by atoms with van der Waals surface area (Å²) in [6.07, 6.45) is 4.71. The molecule has 3 aliphatic rings. The number of pyridine rings is 1. The highest BCUT2D eigenvalue weighted by Gasteiger charge is 2.41. The van der Waals surface area contributed by atoms with Crippen LogP contribution in [0.2, 0.25) is 0 Å². The number of aryl methyl sites for hydroxylation is 1. The van der Waals surface area contributed by atoms with Crippen molar-refractivity contribution in [3.8, 4) is 28.1 Å². The molecule has 4 aromatic rings. The predicted octanol–water partition coefficient (Wildman–Crippen LogP) is 7.43. The summed E-state index contributed by atoms with van der Waals surface area (Å²) in [5, 5.41) is 16.7. The van der Waals surface area contributed by atoms with Crippen LogP contribution in [0, 0.1) is 23.2 Å². The van der Waals surface area contributed by atoms with E-state index in [2.05, 4.69) is 61.2 Å². The number of likely N-dealkylation sites (N-methyl/N-ethyl adjacent to an activating group) is 1. The van der Waals surface area contributed by atoms with Crippen LogP contribution in [0.3, 0.4) is 0 Å². The van der Waals surface area contributed by atoms with Crippen LogP contribution >= 0.6 is 54.0 Å². The first-order valence-electron chi connectivity index (χ1n) is 22.3.